The molecule has 1 heterocycles. The van der Waals surface area contributed by atoms with Gasteiger partial charge in [0.1, 0.15) is 12.7 Å². The van der Waals surface area contributed by atoms with Gasteiger partial charge in [-0.1, -0.05) is 29.8 Å². The lowest BCUT2D eigenvalue weighted by atomic mass is 10.0. The van der Waals surface area contributed by atoms with Crippen LogP contribution in [-0.2, 0) is 4.79 Å². The second kappa shape index (κ2) is 5.43. The van der Waals surface area contributed by atoms with Crippen LogP contribution in [0.15, 0.2) is 36.9 Å². The molecule has 0 amide bonds. The average molecular weight is 259 g/mol. The number of Topliss-reactive ketones (excluding diaryl/α,β-unsaturated/α-hetero) is 1. The maximum Gasteiger partial charge on any atom is 0.329 e. The quantitative estimate of drug-likeness (QED) is 0.822. The number of nitrogens with zero attached hydrogens (tertiary/aromatic N) is 3. The topological polar surface area (TPSA) is 85.1 Å². The maximum absolute atomic E-state index is 12.0. The summed E-state index contributed by atoms with van der Waals surface area (Å²) in [6.07, 6.45) is 2.38. The fourth-order valence-corrected chi connectivity index (χ4v) is 1.71. The highest BCUT2D eigenvalue weighted by molar-refractivity contribution is 5.98. The third-order valence-electron chi connectivity index (χ3n) is 2.79. The summed E-state index contributed by atoms with van der Waals surface area (Å²) in [6.45, 7) is 1.92. The minimum Gasteiger partial charge on any atom is -0.480 e. The van der Waals surface area contributed by atoms with Crippen molar-refractivity contribution < 1.29 is 14.7 Å². The number of benzene rings is 1. The normalized spacial score (nSPS) is 12.1. The number of rotatable bonds is 5. The van der Waals surface area contributed by atoms with Crippen molar-refractivity contribution in [3.8, 4) is 0 Å². The first-order valence-electron chi connectivity index (χ1n) is 5.74. The Morgan fingerprint density at radius 1 is 1.32 bits per heavy atom. The summed E-state index contributed by atoms with van der Waals surface area (Å²) in [4.78, 5) is 26.9. The average Bonchev–Trinajstić information content (AvgIpc) is 2.89. The van der Waals surface area contributed by atoms with Gasteiger partial charge in [-0.05, 0) is 6.92 Å². The fraction of sp³-hybridized carbons (Fsp3) is 0.231. The summed E-state index contributed by atoms with van der Waals surface area (Å²) >= 11 is 0. The van der Waals surface area contributed by atoms with Gasteiger partial charge in [0.2, 0.25) is 0 Å². The molecular formula is C13H13N3O3. The SMILES string of the molecule is Cc1ccc(C(=O)C[C@@H](C(=O)O)n2cncn2)cc1. The van der Waals surface area contributed by atoms with E-state index >= 15 is 0 Å². The van der Waals surface area contributed by atoms with Gasteiger partial charge >= 0.3 is 5.97 Å². The summed E-state index contributed by atoms with van der Waals surface area (Å²) in [5.41, 5.74) is 1.54. The molecule has 0 aliphatic carbocycles. The molecule has 0 radical (unpaired) electrons. The van der Waals surface area contributed by atoms with Gasteiger partial charge < -0.3 is 5.11 Å². The number of ketones is 1. The Morgan fingerprint density at radius 2 is 2.00 bits per heavy atom. The summed E-state index contributed by atoms with van der Waals surface area (Å²) in [7, 11) is 0. The minimum absolute atomic E-state index is 0.151. The molecule has 0 bridgehead atoms. The van der Waals surface area contributed by atoms with E-state index in [1.165, 1.54) is 17.3 Å². The van der Waals surface area contributed by atoms with Gasteiger partial charge in [-0.15, -0.1) is 0 Å². The van der Waals surface area contributed by atoms with Crippen molar-refractivity contribution in [2.45, 2.75) is 19.4 Å². The van der Waals surface area contributed by atoms with E-state index in [1.54, 1.807) is 12.1 Å². The molecule has 6 nitrogen and oxygen atoms in total. The Labute approximate surface area is 109 Å². The third-order valence-corrected chi connectivity index (χ3v) is 2.79. The molecule has 1 aromatic carbocycles. The van der Waals surface area contributed by atoms with Crippen LogP contribution < -0.4 is 0 Å². The third kappa shape index (κ3) is 3.04. The van der Waals surface area contributed by atoms with E-state index in [0.29, 0.717) is 5.56 Å². The molecule has 0 saturated carbocycles. The number of carbonyl (C=O) groups excluding carboxylic acids is 1. The zero-order valence-electron chi connectivity index (χ0n) is 10.4. The lowest BCUT2D eigenvalue weighted by Gasteiger charge is -2.11. The Balaban J connectivity index is 2.16. The molecule has 6 heteroatoms. The zero-order valence-corrected chi connectivity index (χ0v) is 10.4. The molecule has 1 aromatic heterocycles. The number of aliphatic carboxylic acids is 1. The van der Waals surface area contributed by atoms with Crippen molar-refractivity contribution in [3.63, 3.8) is 0 Å². The summed E-state index contributed by atoms with van der Waals surface area (Å²) < 4.78 is 1.18. The first-order chi connectivity index (χ1) is 9.08. The fourth-order valence-electron chi connectivity index (χ4n) is 1.71. The van der Waals surface area contributed by atoms with E-state index in [0.717, 1.165) is 5.56 Å². The van der Waals surface area contributed by atoms with Crippen molar-refractivity contribution in [3.05, 3.63) is 48.0 Å². The second-order valence-corrected chi connectivity index (χ2v) is 4.22. The number of carboxylic acid groups (broad SMARTS) is 1. The maximum atomic E-state index is 12.0. The molecule has 0 unspecified atom stereocenters. The Morgan fingerprint density at radius 3 is 2.53 bits per heavy atom. The lowest BCUT2D eigenvalue weighted by molar-refractivity contribution is -0.141. The Kier molecular flexibility index (Phi) is 3.70. The van der Waals surface area contributed by atoms with Gasteiger partial charge in [0, 0.05) is 12.0 Å². The highest BCUT2D eigenvalue weighted by Crippen LogP contribution is 2.15. The van der Waals surface area contributed by atoms with Crippen LogP contribution >= 0.6 is 0 Å². The largest absolute Gasteiger partial charge is 0.480 e. The van der Waals surface area contributed by atoms with Gasteiger partial charge in [-0.3, -0.25) is 4.79 Å². The van der Waals surface area contributed by atoms with Crippen LogP contribution in [-0.4, -0.2) is 31.6 Å². The van der Waals surface area contributed by atoms with Crippen LogP contribution in [0.25, 0.3) is 0 Å². The molecule has 2 aromatic rings. The van der Waals surface area contributed by atoms with Gasteiger partial charge in [-0.25, -0.2) is 14.5 Å². The van der Waals surface area contributed by atoms with E-state index in [-0.39, 0.29) is 12.2 Å². The zero-order chi connectivity index (χ0) is 13.8. The molecular weight excluding hydrogens is 246 g/mol. The van der Waals surface area contributed by atoms with Gasteiger partial charge in [0.05, 0.1) is 0 Å². The summed E-state index contributed by atoms with van der Waals surface area (Å²) in [5.74, 6) is -1.34. The second-order valence-electron chi connectivity index (χ2n) is 4.22. The Bertz CT molecular complexity index is 576. The van der Waals surface area contributed by atoms with E-state index in [9.17, 15) is 9.59 Å². The van der Waals surface area contributed by atoms with Crippen LogP contribution in [0, 0.1) is 6.92 Å². The van der Waals surface area contributed by atoms with Gasteiger partial charge in [-0.2, -0.15) is 5.10 Å². The number of aryl methyl sites for hydroxylation is 1. The molecule has 98 valence electrons. The smallest absolute Gasteiger partial charge is 0.329 e. The minimum atomic E-state index is -1.11. The van der Waals surface area contributed by atoms with Crippen molar-refractivity contribution in [2.75, 3.05) is 0 Å². The molecule has 0 aliphatic heterocycles. The van der Waals surface area contributed by atoms with Crippen LogP contribution in [0.4, 0.5) is 0 Å². The lowest BCUT2D eigenvalue weighted by Crippen LogP contribution is -2.22. The van der Waals surface area contributed by atoms with Crippen molar-refractivity contribution in [1.82, 2.24) is 14.8 Å². The van der Waals surface area contributed by atoms with E-state index in [1.807, 2.05) is 19.1 Å². The number of carboxylic acids is 1. The number of aromatic nitrogens is 3. The molecule has 0 saturated heterocycles. The van der Waals surface area contributed by atoms with Crippen LogP contribution in [0.1, 0.15) is 28.4 Å². The predicted molar refractivity (Wildman–Crippen MR) is 66.8 cm³/mol. The molecule has 1 N–H and O–H groups in total. The standard InChI is InChI=1S/C13H13N3O3/c1-9-2-4-10(5-3-9)12(17)6-11(13(18)19)16-8-14-7-15-16/h2-5,7-8,11H,6H2,1H3,(H,18,19)/t11-/m0/s1. The van der Waals surface area contributed by atoms with E-state index < -0.39 is 12.0 Å². The highest BCUT2D eigenvalue weighted by atomic mass is 16.4. The van der Waals surface area contributed by atoms with E-state index in [2.05, 4.69) is 10.1 Å². The van der Waals surface area contributed by atoms with Crippen molar-refractivity contribution in [2.24, 2.45) is 0 Å². The molecule has 19 heavy (non-hydrogen) atoms. The van der Waals surface area contributed by atoms with Gasteiger partial charge in [0.25, 0.3) is 0 Å². The number of carbonyl (C=O) groups is 2. The first-order valence-corrected chi connectivity index (χ1v) is 5.74. The molecule has 0 fully saturated rings. The molecule has 0 spiro atoms. The summed E-state index contributed by atoms with van der Waals surface area (Å²) in [6, 6.07) is 5.99. The van der Waals surface area contributed by atoms with Crippen molar-refractivity contribution >= 4 is 11.8 Å². The monoisotopic (exact) mass is 259 g/mol. The Hall–Kier alpha value is -2.50. The molecule has 0 aliphatic rings. The number of hydrogen-bond donors (Lipinski definition) is 1. The van der Waals surface area contributed by atoms with Crippen molar-refractivity contribution in [1.29, 1.82) is 0 Å². The molecule has 1 atom stereocenters. The summed E-state index contributed by atoms with van der Waals surface area (Å²) in [5, 5.41) is 12.9. The first kappa shape index (κ1) is 12.9. The van der Waals surface area contributed by atoms with Crippen LogP contribution in [0.3, 0.4) is 0 Å². The van der Waals surface area contributed by atoms with Gasteiger partial charge in [0.15, 0.2) is 11.8 Å². The highest BCUT2D eigenvalue weighted by Gasteiger charge is 2.24. The molecule has 2 rings (SSSR count). The predicted octanol–water partition coefficient (Wildman–Crippen LogP) is 1.49. The van der Waals surface area contributed by atoms with Crippen LogP contribution in [0.2, 0.25) is 0 Å². The van der Waals surface area contributed by atoms with E-state index in [4.69, 9.17) is 5.11 Å². The number of hydrogen-bond acceptors (Lipinski definition) is 4. The van der Waals surface area contributed by atoms with Crippen LogP contribution in [0.5, 0.6) is 0 Å².